The maximum absolute atomic E-state index is 16.3. The molecule has 1 aliphatic heterocycles. The number of rotatable bonds is 4. The molecule has 1 spiro atoms. The normalized spacial score (nSPS) is 18.7. The molecule has 1 saturated heterocycles. The number of nitrogens with one attached hydrogen (secondary N) is 1. The summed E-state index contributed by atoms with van der Waals surface area (Å²) in [7, 11) is 3.04. The van der Waals surface area contributed by atoms with Gasteiger partial charge in [0.2, 0.25) is 0 Å². The molecule has 2 aromatic heterocycles. The summed E-state index contributed by atoms with van der Waals surface area (Å²) in [5.74, 6) is -1.81. The molecule has 0 radical (unpaired) electrons. The Bertz CT molecular complexity index is 1570. The van der Waals surface area contributed by atoms with Crippen molar-refractivity contribution in [3.63, 3.8) is 0 Å². The Morgan fingerprint density at radius 2 is 1.92 bits per heavy atom. The molecule has 1 atom stereocenters. The average Bonchev–Trinajstić information content (AvgIpc) is 3.32. The number of nitrogens with two attached hydrogens (primary N) is 1. The highest BCUT2D eigenvalue weighted by molar-refractivity contribution is 7.22. The summed E-state index contributed by atoms with van der Waals surface area (Å²) < 4.78 is 79.2. The number of nitrogens with zero attached hydrogens (tertiary/aromatic N) is 4. The van der Waals surface area contributed by atoms with Crippen molar-refractivity contribution in [3.8, 4) is 17.1 Å². The third kappa shape index (κ3) is 3.66. The summed E-state index contributed by atoms with van der Waals surface area (Å²) in [6.07, 6.45) is -2.98. The van der Waals surface area contributed by atoms with E-state index in [1.807, 2.05) is 0 Å². The molecule has 194 valence electrons. The number of hydrogen-bond acceptors (Lipinski definition) is 8. The van der Waals surface area contributed by atoms with Gasteiger partial charge in [-0.25, -0.2) is 13.8 Å². The number of methoxy groups -OCH3 is 1. The van der Waals surface area contributed by atoms with Gasteiger partial charge >= 0.3 is 12.2 Å². The van der Waals surface area contributed by atoms with Crippen molar-refractivity contribution in [1.29, 1.82) is 0 Å². The minimum absolute atomic E-state index is 0.00880. The first-order valence-corrected chi connectivity index (χ1v) is 12.3. The van der Waals surface area contributed by atoms with E-state index in [9.17, 15) is 17.6 Å². The van der Waals surface area contributed by atoms with Crippen LogP contribution in [-0.2, 0) is 6.18 Å². The molecule has 1 unspecified atom stereocenters. The SMILES string of the molecule is COc1nc(N(C)C2CNCC23CC3)c2cc(C(F)(F)F)c(-c3ccc(F)c4sc(N)nc34)c(F)c2n1. The van der Waals surface area contributed by atoms with Gasteiger partial charge in [-0.3, -0.25) is 0 Å². The molecule has 6 rings (SSSR count). The van der Waals surface area contributed by atoms with Gasteiger partial charge in [-0.1, -0.05) is 11.3 Å². The first kappa shape index (κ1) is 24.0. The minimum atomic E-state index is -4.95. The smallest absolute Gasteiger partial charge is 0.417 e. The van der Waals surface area contributed by atoms with Crippen molar-refractivity contribution in [1.82, 2.24) is 20.3 Å². The van der Waals surface area contributed by atoms with Crippen LogP contribution in [0.5, 0.6) is 6.01 Å². The lowest BCUT2D eigenvalue weighted by molar-refractivity contribution is -0.137. The molecule has 3 heterocycles. The highest BCUT2D eigenvalue weighted by Crippen LogP contribution is 2.53. The second kappa shape index (κ2) is 8.09. The summed E-state index contributed by atoms with van der Waals surface area (Å²) in [5, 5.41) is 3.18. The fraction of sp³-hybridized carbons (Fsp3) is 0.375. The lowest BCUT2D eigenvalue weighted by Crippen LogP contribution is -2.39. The Balaban J connectivity index is 1.66. The van der Waals surface area contributed by atoms with Crippen molar-refractivity contribution in [2.45, 2.75) is 25.1 Å². The molecule has 4 aromatic rings. The predicted molar refractivity (Wildman–Crippen MR) is 131 cm³/mol. The van der Waals surface area contributed by atoms with Crippen LogP contribution in [0.25, 0.3) is 32.2 Å². The molecule has 0 bridgehead atoms. The molecule has 2 aromatic carbocycles. The molecule has 13 heteroatoms. The van der Waals surface area contributed by atoms with Crippen molar-refractivity contribution in [2.24, 2.45) is 5.41 Å². The summed E-state index contributed by atoms with van der Waals surface area (Å²) in [4.78, 5) is 14.2. The van der Waals surface area contributed by atoms with Gasteiger partial charge < -0.3 is 20.7 Å². The van der Waals surface area contributed by atoms with Crippen LogP contribution in [-0.4, -0.2) is 48.2 Å². The lowest BCUT2D eigenvalue weighted by atomic mass is 9.94. The highest BCUT2D eigenvalue weighted by Gasteiger charge is 2.54. The first-order chi connectivity index (χ1) is 17.5. The van der Waals surface area contributed by atoms with Gasteiger partial charge in [0.1, 0.15) is 17.2 Å². The Kier molecular flexibility index (Phi) is 5.26. The van der Waals surface area contributed by atoms with E-state index in [1.165, 1.54) is 7.11 Å². The van der Waals surface area contributed by atoms with Gasteiger partial charge in [-0.05, 0) is 31.0 Å². The molecule has 2 aliphatic rings. The Hall–Kier alpha value is -3.32. The van der Waals surface area contributed by atoms with Gasteiger partial charge in [-0.15, -0.1) is 0 Å². The van der Waals surface area contributed by atoms with Crippen LogP contribution in [0.15, 0.2) is 18.2 Å². The van der Waals surface area contributed by atoms with Crippen LogP contribution in [0.4, 0.5) is 32.9 Å². The number of thiazole rings is 1. The largest absolute Gasteiger partial charge is 0.467 e. The standard InChI is InChI=1S/C24H21F5N6OS/c1-35(14-8-31-9-23(14)5-6-23)20-11-7-12(24(27,28)29)15(16(26)17(11)33-22(34-20)36-2)10-3-4-13(25)19-18(10)32-21(30)37-19/h3-4,7,14,31H,5-6,8-9H2,1-2H3,(H2,30,32). The van der Waals surface area contributed by atoms with Gasteiger partial charge in [0, 0.05) is 48.1 Å². The number of halogens is 5. The molecule has 0 amide bonds. The monoisotopic (exact) mass is 536 g/mol. The molecule has 3 N–H and O–H groups in total. The number of aromatic nitrogens is 3. The van der Waals surface area contributed by atoms with Gasteiger partial charge in [0.25, 0.3) is 0 Å². The Labute approximate surface area is 211 Å². The predicted octanol–water partition coefficient (Wildman–Crippen LogP) is 4.98. The van der Waals surface area contributed by atoms with Crippen LogP contribution in [0, 0.1) is 17.0 Å². The Morgan fingerprint density at radius 1 is 1.16 bits per heavy atom. The third-order valence-corrected chi connectivity index (χ3v) is 8.27. The van der Waals surface area contributed by atoms with E-state index in [1.54, 1.807) is 11.9 Å². The maximum Gasteiger partial charge on any atom is 0.417 e. The number of alkyl halides is 3. The van der Waals surface area contributed by atoms with E-state index >= 15 is 4.39 Å². The Morgan fingerprint density at radius 3 is 2.59 bits per heavy atom. The number of nitrogen functional groups attached to an aromatic ring is 1. The van der Waals surface area contributed by atoms with Crippen LogP contribution >= 0.6 is 11.3 Å². The van der Waals surface area contributed by atoms with Crippen molar-refractivity contribution < 1.29 is 26.7 Å². The van der Waals surface area contributed by atoms with E-state index < -0.39 is 28.9 Å². The molecule has 7 nitrogen and oxygen atoms in total. The average molecular weight is 537 g/mol. The fourth-order valence-electron chi connectivity index (χ4n) is 5.39. The molecule has 2 fully saturated rings. The van der Waals surface area contributed by atoms with Crippen molar-refractivity contribution in [2.75, 3.05) is 37.9 Å². The second-order valence-corrected chi connectivity index (χ2v) is 10.5. The van der Waals surface area contributed by atoms with Crippen molar-refractivity contribution >= 4 is 43.4 Å². The van der Waals surface area contributed by atoms with Gasteiger partial charge in [0.15, 0.2) is 10.9 Å². The minimum Gasteiger partial charge on any atom is -0.467 e. The molecule has 37 heavy (non-hydrogen) atoms. The zero-order chi connectivity index (χ0) is 26.3. The first-order valence-electron chi connectivity index (χ1n) is 11.5. The highest BCUT2D eigenvalue weighted by atomic mass is 32.1. The van der Waals surface area contributed by atoms with Crippen LogP contribution in [0.2, 0.25) is 0 Å². The van der Waals surface area contributed by atoms with E-state index in [-0.39, 0.29) is 55.1 Å². The zero-order valence-corrected chi connectivity index (χ0v) is 20.5. The summed E-state index contributed by atoms with van der Waals surface area (Å²) >= 11 is 0.772. The van der Waals surface area contributed by atoms with E-state index in [0.717, 1.165) is 48.9 Å². The number of ether oxygens (including phenoxy) is 1. The topological polar surface area (TPSA) is 89.2 Å². The summed E-state index contributed by atoms with van der Waals surface area (Å²) in [6, 6.07) is 2.68. The molecular weight excluding hydrogens is 515 g/mol. The number of fused-ring (bicyclic) bond motifs is 2. The molecular formula is C24H21F5N6OS. The maximum atomic E-state index is 16.3. The third-order valence-electron chi connectivity index (χ3n) is 7.38. The van der Waals surface area contributed by atoms with Gasteiger partial charge in [0.05, 0.1) is 22.9 Å². The van der Waals surface area contributed by atoms with E-state index in [4.69, 9.17) is 10.5 Å². The van der Waals surface area contributed by atoms with E-state index in [2.05, 4.69) is 20.3 Å². The van der Waals surface area contributed by atoms with Crippen LogP contribution in [0.1, 0.15) is 18.4 Å². The van der Waals surface area contributed by atoms with E-state index in [0.29, 0.717) is 6.54 Å². The van der Waals surface area contributed by atoms with Crippen molar-refractivity contribution in [3.05, 3.63) is 35.4 Å². The number of benzene rings is 2. The molecule has 1 aliphatic carbocycles. The summed E-state index contributed by atoms with van der Waals surface area (Å²) in [6.45, 7) is 1.42. The number of likely N-dealkylation sites (N-methyl/N-ethyl adjacent to an activating group) is 1. The van der Waals surface area contributed by atoms with Crippen LogP contribution < -0.4 is 20.7 Å². The second-order valence-electron chi connectivity index (χ2n) is 9.49. The number of hydrogen-bond donors (Lipinski definition) is 2. The summed E-state index contributed by atoms with van der Waals surface area (Å²) in [5.41, 5.74) is 2.96. The van der Waals surface area contributed by atoms with Crippen LogP contribution in [0.3, 0.4) is 0 Å². The zero-order valence-electron chi connectivity index (χ0n) is 19.7. The van der Waals surface area contributed by atoms with Gasteiger partial charge in [-0.2, -0.15) is 23.1 Å². The number of anilines is 2. The quantitative estimate of drug-likeness (QED) is 0.356. The lowest BCUT2D eigenvalue weighted by Gasteiger charge is -2.31. The fourth-order valence-corrected chi connectivity index (χ4v) is 6.15. The molecule has 1 saturated carbocycles.